The lowest BCUT2D eigenvalue weighted by molar-refractivity contribution is 0.0857. The van der Waals surface area contributed by atoms with E-state index in [0.717, 1.165) is 57.2 Å². The summed E-state index contributed by atoms with van der Waals surface area (Å²) in [6.45, 7) is 8.58. The van der Waals surface area contributed by atoms with Crippen LogP contribution < -0.4 is 16.0 Å². The van der Waals surface area contributed by atoms with E-state index in [1.54, 1.807) is 7.05 Å². The lowest BCUT2D eigenvalue weighted by Gasteiger charge is -2.13. The number of nitrogens with one attached hydrogen (secondary N) is 3. The molecule has 1 aliphatic rings. The highest BCUT2D eigenvalue weighted by Gasteiger charge is 2.16. The van der Waals surface area contributed by atoms with Gasteiger partial charge in [0.05, 0.1) is 6.10 Å². The van der Waals surface area contributed by atoms with Crippen molar-refractivity contribution >= 4 is 35.8 Å². The van der Waals surface area contributed by atoms with E-state index in [1.807, 2.05) is 24.3 Å². The number of rotatable bonds is 11. The zero-order chi connectivity index (χ0) is 20.9. The molecule has 170 valence electrons. The summed E-state index contributed by atoms with van der Waals surface area (Å²) in [6.07, 6.45) is 3.16. The molecule has 0 radical (unpaired) electrons. The largest absolute Gasteiger partial charge is 0.381 e. The topological polar surface area (TPSA) is 84.0 Å². The van der Waals surface area contributed by atoms with E-state index in [1.165, 1.54) is 0 Å². The first kappa shape index (κ1) is 26.6. The molecule has 3 N–H and O–H groups in total. The van der Waals surface area contributed by atoms with Gasteiger partial charge in [0.2, 0.25) is 0 Å². The predicted molar refractivity (Wildman–Crippen MR) is 132 cm³/mol. The molecule has 7 nitrogen and oxygen atoms in total. The van der Waals surface area contributed by atoms with Crippen molar-refractivity contribution in [2.24, 2.45) is 10.9 Å². The molecule has 1 atom stereocenters. The van der Waals surface area contributed by atoms with Crippen molar-refractivity contribution in [2.45, 2.75) is 45.8 Å². The van der Waals surface area contributed by atoms with Crippen LogP contribution in [0.3, 0.4) is 0 Å². The standard InChI is InChI=1S/C22H36N4O3.HI/c1-17(2)16-28-11-6-10-24-22(23-3)26-14-18-7-4-8-19(13-18)21(27)25-15-20-9-5-12-29-20;/h4,7-8,13,17,20H,5-6,9-12,14-16H2,1-3H3,(H,25,27)(H2,23,24,26);1H. The number of benzene rings is 1. The lowest BCUT2D eigenvalue weighted by Crippen LogP contribution is -2.37. The van der Waals surface area contributed by atoms with Crippen LogP contribution in [0.25, 0.3) is 0 Å². The third-order valence-electron chi connectivity index (χ3n) is 4.60. The minimum atomic E-state index is -0.0637. The molecular weight excluding hydrogens is 495 g/mol. The van der Waals surface area contributed by atoms with Crippen molar-refractivity contribution in [3.63, 3.8) is 0 Å². The average Bonchev–Trinajstić information content (AvgIpc) is 3.24. The molecule has 0 spiro atoms. The quantitative estimate of drug-likeness (QED) is 0.177. The Morgan fingerprint density at radius 2 is 2.13 bits per heavy atom. The number of carbonyl (C=O) groups excluding carboxylic acids is 1. The van der Waals surface area contributed by atoms with Gasteiger partial charge in [-0.25, -0.2) is 0 Å². The van der Waals surface area contributed by atoms with Crippen LogP contribution in [0.15, 0.2) is 29.3 Å². The second-order valence-corrected chi connectivity index (χ2v) is 7.72. The number of carbonyl (C=O) groups is 1. The van der Waals surface area contributed by atoms with Gasteiger partial charge in [-0.2, -0.15) is 0 Å². The number of amides is 1. The van der Waals surface area contributed by atoms with E-state index in [-0.39, 0.29) is 36.0 Å². The molecule has 1 aromatic carbocycles. The van der Waals surface area contributed by atoms with Gasteiger partial charge in [0.15, 0.2) is 5.96 Å². The van der Waals surface area contributed by atoms with Crippen molar-refractivity contribution in [3.05, 3.63) is 35.4 Å². The molecule has 2 rings (SSSR count). The van der Waals surface area contributed by atoms with Crippen LogP contribution >= 0.6 is 24.0 Å². The molecular formula is C22H37IN4O3. The third kappa shape index (κ3) is 10.6. The minimum Gasteiger partial charge on any atom is -0.381 e. The first-order valence-corrected chi connectivity index (χ1v) is 10.6. The number of nitrogens with zero attached hydrogens (tertiary/aromatic N) is 1. The highest BCUT2D eigenvalue weighted by atomic mass is 127. The first-order valence-electron chi connectivity index (χ1n) is 10.6. The predicted octanol–water partition coefficient (Wildman–Crippen LogP) is 2.94. The summed E-state index contributed by atoms with van der Waals surface area (Å²) < 4.78 is 11.1. The van der Waals surface area contributed by atoms with Crippen molar-refractivity contribution in [1.82, 2.24) is 16.0 Å². The molecule has 1 saturated heterocycles. The number of halogens is 1. The van der Waals surface area contributed by atoms with E-state index in [9.17, 15) is 4.79 Å². The molecule has 1 heterocycles. The second kappa shape index (κ2) is 15.4. The van der Waals surface area contributed by atoms with Crippen LogP contribution in [0.4, 0.5) is 0 Å². The fraction of sp³-hybridized carbons (Fsp3) is 0.636. The monoisotopic (exact) mass is 532 g/mol. The molecule has 0 saturated carbocycles. The van der Waals surface area contributed by atoms with E-state index in [0.29, 0.717) is 24.6 Å². The second-order valence-electron chi connectivity index (χ2n) is 7.72. The zero-order valence-electron chi connectivity index (χ0n) is 18.4. The summed E-state index contributed by atoms with van der Waals surface area (Å²) in [6, 6.07) is 7.64. The molecule has 1 fully saturated rings. The smallest absolute Gasteiger partial charge is 0.251 e. The van der Waals surface area contributed by atoms with E-state index < -0.39 is 0 Å². The fourth-order valence-corrected chi connectivity index (χ4v) is 3.04. The first-order chi connectivity index (χ1) is 14.1. The van der Waals surface area contributed by atoms with Gasteiger partial charge < -0.3 is 25.4 Å². The maximum absolute atomic E-state index is 12.4. The summed E-state index contributed by atoms with van der Waals surface area (Å²) >= 11 is 0. The van der Waals surface area contributed by atoms with Crippen LogP contribution in [-0.2, 0) is 16.0 Å². The van der Waals surface area contributed by atoms with Gasteiger partial charge in [-0.3, -0.25) is 9.79 Å². The van der Waals surface area contributed by atoms with Gasteiger partial charge in [0.1, 0.15) is 0 Å². The van der Waals surface area contributed by atoms with E-state index in [4.69, 9.17) is 9.47 Å². The summed E-state index contributed by atoms with van der Waals surface area (Å²) in [5.41, 5.74) is 1.69. The zero-order valence-corrected chi connectivity index (χ0v) is 20.7. The summed E-state index contributed by atoms with van der Waals surface area (Å²) in [5.74, 6) is 1.24. The SMILES string of the molecule is CN=C(NCCCOCC(C)C)NCc1cccc(C(=O)NCC2CCCO2)c1.I. The van der Waals surface area contributed by atoms with Gasteiger partial charge in [-0.05, 0) is 42.9 Å². The minimum absolute atomic E-state index is 0. The Hall–Kier alpha value is -1.39. The fourth-order valence-electron chi connectivity index (χ4n) is 3.04. The summed E-state index contributed by atoms with van der Waals surface area (Å²) in [4.78, 5) is 16.6. The van der Waals surface area contributed by atoms with Gasteiger partial charge in [-0.1, -0.05) is 26.0 Å². The van der Waals surface area contributed by atoms with Crippen molar-refractivity contribution < 1.29 is 14.3 Å². The highest BCUT2D eigenvalue weighted by Crippen LogP contribution is 2.11. The molecule has 1 amide bonds. The van der Waals surface area contributed by atoms with Gasteiger partial charge >= 0.3 is 0 Å². The number of aliphatic imine (C=N–C) groups is 1. The maximum Gasteiger partial charge on any atom is 0.251 e. The van der Waals surface area contributed by atoms with Gasteiger partial charge in [0, 0.05) is 52.1 Å². The average molecular weight is 532 g/mol. The van der Waals surface area contributed by atoms with Crippen LogP contribution in [0.5, 0.6) is 0 Å². The van der Waals surface area contributed by atoms with E-state index >= 15 is 0 Å². The molecule has 0 aliphatic carbocycles. The Kier molecular flexibility index (Phi) is 13.7. The van der Waals surface area contributed by atoms with Gasteiger partial charge in [0.25, 0.3) is 5.91 Å². The molecule has 1 aromatic rings. The van der Waals surface area contributed by atoms with Crippen LogP contribution in [0.2, 0.25) is 0 Å². The normalized spacial score (nSPS) is 16.3. The molecule has 0 bridgehead atoms. The van der Waals surface area contributed by atoms with Crippen LogP contribution in [-0.4, -0.2) is 57.9 Å². The Morgan fingerprint density at radius 3 is 2.83 bits per heavy atom. The van der Waals surface area contributed by atoms with Crippen LogP contribution in [0, 0.1) is 5.92 Å². The molecule has 1 unspecified atom stereocenters. The summed E-state index contributed by atoms with van der Waals surface area (Å²) in [5, 5.41) is 9.53. The molecule has 1 aliphatic heterocycles. The number of hydrogen-bond acceptors (Lipinski definition) is 4. The Bertz CT molecular complexity index is 649. The lowest BCUT2D eigenvalue weighted by atomic mass is 10.1. The third-order valence-corrected chi connectivity index (χ3v) is 4.60. The van der Waals surface area contributed by atoms with Crippen LogP contribution in [0.1, 0.15) is 49.0 Å². The molecule has 0 aromatic heterocycles. The van der Waals surface area contributed by atoms with Crippen molar-refractivity contribution in [1.29, 1.82) is 0 Å². The summed E-state index contributed by atoms with van der Waals surface area (Å²) in [7, 11) is 1.75. The molecule has 8 heteroatoms. The van der Waals surface area contributed by atoms with Crippen molar-refractivity contribution in [2.75, 3.05) is 40.0 Å². The van der Waals surface area contributed by atoms with E-state index in [2.05, 4.69) is 34.8 Å². The highest BCUT2D eigenvalue weighted by molar-refractivity contribution is 14.0. The Morgan fingerprint density at radius 1 is 1.30 bits per heavy atom. The number of ether oxygens (including phenoxy) is 2. The van der Waals surface area contributed by atoms with Gasteiger partial charge in [-0.15, -0.1) is 24.0 Å². The Labute approximate surface area is 197 Å². The maximum atomic E-state index is 12.4. The number of guanidine groups is 1. The van der Waals surface area contributed by atoms with Crippen molar-refractivity contribution in [3.8, 4) is 0 Å². The Balaban J connectivity index is 0.00000450. The number of hydrogen-bond donors (Lipinski definition) is 3. The molecule has 30 heavy (non-hydrogen) atoms.